The second-order valence-corrected chi connectivity index (χ2v) is 4.96. The Labute approximate surface area is 106 Å². The van der Waals surface area contributed by atoms with E-state index in [1.165, 1.54) is 0 Å². The maximum atomic E-state index is 10.8. The Morgan fingerprint density at radius 1 is 1.60 bits per heavy atom. The van der Waals surface area contributed by atoms with Gasteiger partial charge in [0.1, 0.15) is 0 Å². The molecule has 0 fully saturated rings. The van der Waals surface area contributed by atoms with E-state index in [1.54, 1.807) is 6.08 Å². The number of hydrogen-bond donors (Lipinski definition) is 1. The first-order valence-electron chi connectivity index (χ1n) is 4.47. The summed E-state index contributed by atoms with van der Waals surface area (Å²) in [5.74, 6) is -0.854. The summed E-state index contributed by atoms with van der Waals surface area (Å²) < 4.78 is 1.99. The second-order valence-electron chi connectivity index (χ2n) is 3.03. The Bertz CT molecular complexity index is 413. The maximum absolute atomic E-state index is 10.8. The minimum absolute atomic E-state index is 0.421. The third kappa shape index (κ3) is 3.51. The summed E-state index contributed by atoms with van der Waals surface area (Å²) in [4.78, 5) is 10.8. The number of carboxylic acids is 1. The molecule has 1 aromatic carbocycles. The molecule has 1 rings (SSSR count). The first kappa shape index (κ1) is 12.5. The van der Waals surface area contributed by atoms with E-state index in [4.69, 9.17) is 5.11 Å². The van der Waals surface area contributed by atoms with Crippen molar-refractivity contribution in [3.8, 4) is 0 Å². The zero-order valence-corrected chi connectivity index (χ0v) is 11.7. The molecule has 0 atom stereocenters. The Kier molecular flexibility index (Phi) is 4.62. The van der Waals surface area contributed by atoms with E-state index in [2.05, 4.69) is 32.8 Å². The van der Waals surface area contributed by atoms with Crippen molar-refractivity contribution in [1.82, 2.24) is 0 Å². The van der Waals surface area contributed by atoms with Gasteiger partial charge in [0.25, 0.3) is 0 Å². The van der Waals surface area contributed by atoms with Crippen molar-refractivity contribution in [2.75, 3.05) is 0 Å². The molecule has 0 aliphatic rings. The molecule has 0 saturated carbocycles. The predicted octanol–water partition coefficient (Wildman–Crippen LogP) is 2.12. The molecule has 1 N–H and O–H groups in total. The van der Waals surface area contributed by atoms with E-state index in [9.17, 15) is 4.79 Å². The predicted molar refractivity (Wildman–Crippen MR) is 65.4 cm³/mol. The molecular formula is C11H10AsBrO2. The van der Waals surface area contributed by atoms with Gasteiger partial charge >= 0.3 is 106 Å². The third-order valence-electron chi connectivity index (χ3n) is 1.98. The number of aliphatic carboxylic acids is 1. The Hall–Kier alpha value is -0.532. The molecule has 78 valence electrons. The SMILES string of the molecule is CC/C(=C/c1ccc(Br)cc1[As])C(=O)O. The summed E-state index contributed by atoms with van der Waals surface area (Å²) >= 11 is 5.80. The molecule has 0 bridgehead atoms. The van der Waals surface area contributed by atoms with Gasteiger partial charge in [0.15, 0.2) is 0 Å². The van der Waals surface area contributed by atoms with E-state index in [1.807, 2.05) is 25.1 Å². The van der Waals surface area contributed by atoms with Crippen LogP contribution in [-0.2, 0) is 4.79 Å². The standard InChI is InChI=1S/C11H10AsBrO2/c1-2-7(11(14)15)5-8-3-4-9(13)6-10(8)12/h3-6H,2H2,1H3,(H,14,15)/b7-5-. The van der Waals surface area contributed by atoms with Crippen LogP contribution in [0.25, 0.3) is 6.08 Å². The molecule has 2 nitrogen and oxygen atoms in total. The van der Waals surface area contributed by atoms with E-state index in [0.717, 1.165) is 14.4 Å². The summed E-state index contributed by atoms with van der Waals surface area (Å²) in [6, 6.07) is 5.75. The van der Waals surface area contributed by atoms with Crippen LogP contribution in [0.3, 0.4) is 0 Å². The van der Waals surface area contributed by atoms with Gasteiger partial charge in [0.05, 0.1) is 0 Å². The summed E-state index contributed by atoms with van der Waals surface area (Å²) in [5.41, 5.74) is 1.35. The van der Waals surface area contributed by atoms with Crippen LogP contribution in [0.1, 0.15) is 18.9 Å². The average molecular weight is 329 g/mol. The van der Waals surface area contributed by atoms with Crippen LogP contribution in [-0.4, -0.2) is 27.9 Å². The fraction of sp³-hybridized carbons (Fsp3) is 0.182. The zero-order valence-electron chi connectivity index (χ0n) is 8.20. The number of rotatable bonds is 3. The van der Waals surface area contributed by atoms with Crippen molar-refractivity contribution < 1.29 is 9.90 Å². The van der Waals surface area contributed by atoms with E-state index in [-0.39, 0.29) is 0 Å². The van der Waals surface area contributed by atoms with Crippen LogP contribution in [0.4, 0.5) is 0 Å². The number of carboxylic acid groups (broad SMARTS) is 1. The monoisotopic (exact) mass is 328 g/mol. The summed E-state index contributed by atoms with van der Waals surface area (Å²) in [7, 11) is 0. The Morgan fingerprint density at radius 3 is 2.73 bits per heavy atom. The number of carbonyl (C=O) groups is 1. The van der Waals surface area contributed by atoms with Gasteiger partial charge in [-0.1, -0.05) is 0 Å². The quantitative estimate of drug-likeness (QED) is 0.681. The average Bonchev–Trinajstić information content (AvgIpc) is 2.16. The molecule has 0 amide bonds. The van der Waals surface area contributed by atoms with Gasteiger partial charge in [0.2, 0.25) is 0 Å². The van der Waals surface area contributed by atoms with E-state index in [0.29, 0.717) is 12.0 Å². The molecule has 4 heteroatoms. The van der Waals surface area contributed by atoms with Gasteiger partial charge in [-0.25, -0.2) is 0 Å². The summed E-state index contributed by atoms with van der Waals surface area (Å²) in [6.07, 6.45) is 2.24. The molecule has 0 saturated heterocycles. The molecule has 0 heterocycles. The third-order valence-corrected chi connectivity index (χ3v) is 3.28. The molecule has 0 aliphatic heterocycles. The van der Waals surface area contributed by atoms with Gasteiger partial charge in [-0.05, 0) is 0 Å². The first-order chi connectivity index (χ1) is 7.04. The second kappa shape index (κ2) is 5.52. The number of halogens is 1. The summed E-state index contributed by atoms with van der Waals surface area (Å²) in [6.45, 7) is 1.84. The topological polar surface area (TPSA) is 37.3 Å². The number of hydrogen-bond acceptors (Lipinski definition) is 1. The molecule has 0 aromatic heterocycles. The molecule has 0 spiro atoms. The minimum atomic E-state index is -0.854. The first-order valence-corrected chi connectivity index (χ1v) is 6.20. The molecule has 0 unspecified atom stereocenters. The van der Waals surface area contributed by atoms with Crippen molar-refractivity contribution >= 4 is 49.2 Å². The normalized spacial score (nSPS) is 11.5. The van der Waals surface area contributed by atoms with Gasteiger partial charge < -0.3 is 0 Å². The van der Waals surface area contributed by atoms with Crippen molar-refractivity contribution in [2.45, 2.75) is 13.3 Å². The van der Waals surface area contributed by atoms with Gasteiger partial charge in [-0.15, -0.1) is 0 Å². The van der Waals surface area contributed by atoms with Crippen molar-refractivity contribution in [3.05, 3.63) is 33.8 Å². The zero-order chi connectivity index (χ0) is 11.4. The molecular weight excluding hydrogens is 319 g/mol. The Balaban J connectivity index is 3.12. The number of benzene rings is 1. The van der Waals surface area contributed by atoms with Gasteiger partial charge in [-0.3, -0.25) is 0 Å². The van der Waals surface area contributed by atoms with Crippen LogP contribution in [0.2, 0.25) is 0 Å². The van der Waals surface area contributed by atoms with Gasteiger partial charge in [0, 0.05) is 0 Å². The molecule has 2 radical (unpaired) electrons. The van der Waals surface area contributed by atoms with Crippen molar-refractivity contribution in [1.29, 1.82) is 0 Å². The van der Waals surface area contributed by atoms with E-state index >= 15 is 0 Å². The Morgan fingerprint density at radius 2 is 2.27 bits per heavy atom. The summed E-state index contributed by atoms with van der Waals surface area (Å²) in [5, 5.41) is 8.90. The van der Waals surface area contributed by atoms with Crippen LogP contribution < -0.4 is 4.35 Å². The molecule has 15 heavy (non-hydrogen) atoms. The van der Waals surface area contributed by atoms with E-state index < -0.39 is 5.97 Å². The fourth-order valence-corrected chi connectivity index (χ4v) is 2.47. The van der Waals surface area contributed by atoms with Crippen molar-refractivity contribution in [2.24, 2.45) is 0 Å². The van der Waals surface area contributed by atoms with Crippen LogP contribution in [0, 0.1) is 0 Å². The molecule has 0 aliphatic carbocycles. The molecule has 1 aromatic rings. The van der Waals surface area contributed by atoms with Crippen LogP contribution in [0.5, 0.6) is 0 Å². The van der Waals surface area contributed by atoms with Crippen LogP contribution in [0.15, 0.2) is 28.2 Å². The van der Waals surface area contributed by atoms with Crippen molar-refractivity contribution in [3.63, 3.8) is 0 Å². The fourth-order valence-electron chi connectivity index (χ4n) is 1.14. The van der Waals surface area contributed by atoms with Gasteiger partial charge in [-0.2, -0.15) is 0 Å². The van der Waals surface area contributed by atoms with Crippen LogP contribution >= 0.6 is 15.9 Å².